The Morgan fingerprint density at radius 1 is 1.18 bits per heavy atom. The number of likely N-dealkylation sites (N-methyl/N-ethyl adjacent to an activating group) is 1. The molecule has 7 nitrogen and oxygen atoms in total. The van der Waals surface area contributed by atoms with Gasteiger partial charge in [-0.05, 0) is 52.7 Å². The van der Waals surface area contributed by atoms with E-state index in [4.69, 9.17) is 9.47 Å². The van der Waals surface area contributed by atoms with Gasteiger partial charge < -0.3 is 19.4 Å². The highest BCUT2D eigenvalue weighted by Gasteiger charge is 2.31. The summed E-state index contributed by atoms with van der Waals surface area (Å²) >= 11 is 0.879. The van der Waals surface area contributed by atoms with Crippen molar-refractivity contribution in [2.24, 2.45) is 0 Å². The molecule has 3 rings (SSSR count). The predicted molar refractivity (Wildman–Crippen MR) is 102 cm³/mol. The van der Waals surface area contributed by atoms with Gasteiger partial charge in [0.1, 0.15) is 6.61 Å². The molecular weight excluding hydrogens is 382 g/mol. The summed E-state index contributed by atoms with van der Waals surface area (Å²) in [6.07, 6.45) is 1.62. The number of aromatic carboxylic acids is 1. The highest BCUT2D eigenvalue weighted by Crippen LogP contribution is 2.34. The van der Waals surface area contributed by atoms with Crippen LogP contribution in [-0.2, 0) is 11.4 Å². The van der Waals surface area contributed by atoms with Crippen LogP contribution in [0.1, 0.15) is 21.5 Å². The second-order valence-corrected chi connectivity index (χ2v) is 6.92. The molecule has 0 radical (unpaired) electrons. The zero-order valence-electron chi connectivity index (χ0n) is 15.1. The van der Waals surface area contributed by atoms with Gasteiger partial charge in [0, 0.05) is 7.05 Å². The molecule has 1 aliphatic heterocycles. The summed E-state index contributed by atoms with van der Waals surface area (Å²) in [5, 5.41) is 10.6. The molecule has 0 saturated carbocycles. The number of amides is 2. The molecule has 8 heteroatoms. The van der Waals surface area contributed by atoms with E-state index < -0.39 is 5.97 Å². The summed E-state index contributed by atoms with van der Waals surface area (Å²) in [5.41, 5.74) is 1.43. The maximum Gasteiger partial charge on any atom is 0.293 e. The number of nitrogens with zero attached hydrogens (tertiary/aromatic N) is 1. The first kappa shape index (κ1) is 19.5. The lowest BCUT2D eigenvalue weighted by Crippen LogP contribution is -2.22. The summed E-state index contributed by atoms with van der Waals surface area (Å²) in [4.78, 5) is 35.9. The fourth-order valence-electron chi connectivity index (χ4n) is 2.54. The van der Waals surface area contributed by atoms with Gasteiger partial charge in [-0.1, -0.05) is 24.3 Å². The van der Waals surface area contributed by atoms with E-state index in [1.165, 1.54) is 26.3 Å². The topological polar surface area (TPSA) is 96.0 Å². The number of imide groups is 1. The summed E-state index contributed by atoms with van der Waals surface area (Å²) in [5.74, 6) is -0.690. The van der Waals surface area contributed by atoms with E-state index in [2.05, 4.69) is 0 Å². The number of methoxy groups -OCH3 is 1. The Labute approximate surface area is 165 Å². The van der Waals surface area contributed by atoms with Crippen molar-refractivity contribution in [3.8, 4) is 11.5 Å². The van der Waals surface area contributed by atoms with Crippen LogP contribution in [-0.4, -0.2) is 36.2 Å². The second-order valence-electron chi connectivity index (χ2n) is 5.93. The first-order valence-corrected chi connectivity index (χ1v) is 9.03. The van der Waals surface area contributed by atoms with Crippen molar-refractivity contribution < 1.29 is 29.0 Å². The second kappa shape index (κ2) is 8.18. The average molecular weight is 398 g/mol. The van der Waals surface area contributed by atoms with E-state index in [1.54, 1.807) is 36.4 Å². The number of carboxylic acids is 1. The lowest BCUT2D eigenvalue weighted by Gasteiger charge is -2.12. The van der Waals surface area contributed by atoms with E-state index >= 15 is 0 Å². The fraction of sp³-hybridized carbons (Fsp3) is 0.150. The van der Waals surface area contributed by atoms with Crippen molar-refractivity contribution in [2.75, 3.05) is 14.2 Å². The van der Waals surface area contributed by atoms with Crippen molar-refractivity contribution in [3.63, 3.8) is 0 Å². The summed E-state index contributed by atoms with van der Waals surface area (Å²) in [7, 11) is 2.92. The molecule has 0 bridgehead atoms. The number of benzene rings is 2. The molecule has 1 aliphatic rings. The number of thioether (sulfide) groups is 1. The van der Waals surface area contributed by atoms with Gasteiger partial charge in [0.25, 0.3) is 11.1 Å². The van der Waals surface area contributed by atoms with Crippen molar-refractivity contribution in [1.29, 1.82) is 0 Å². The SMILES string of the molecule is COc1cc(/C=C2/SC(=O)N(C)C2=O)ccc1OCc1cccc(C(=O)[O-])c1. The van der Waals surface area contributed by atoms with Crippen LogP contribution >= 0.6 is 11.8 Å². The van der Waals surface area contributed by atoms with Crippen LogP contribution in [0, 0.1) is 0 Å². The number of carbonyl (C=O) groups is 3. The van der Waals surface area contributed by atoms with E-state index in [9.17, 15) is 19.5 Å². The molecule has 0 unspecified atom stereocenters. The molecule has 0 atom stereocenters. The quantitative estimate of drug-likeness (QED) is 0.689. The molecule has 0 aliphatic carbocycles. The molecule has 1 heterocycles. The first-order chi connectivity index (χ1) is 13.4. The zero-order chi connectivity index (χ0) is 20.3. The molecule has 2 aromatic rings. The maximum absolute atomic E-state index is 12.0. The summed E-state index contributed by atoms with van der Waals surface area (Å²) in [6, 6.07) is 11.4. The van der Waals surface area contributed by atoms with Gasteiger partial charge in [-0.25, -0.2) is 0 Å². The third-order valence-electron chi connectivity index (χ3n) is 4.03. The van der Waals surface area contributed by atoms with E-state index in [1.807, 2.05) is 0 Å². The Hall–Kier alpha value is -3.26. The Bertz CT molecular complexity index is 984. The third kappa shape index (κ3) is 4.17. The third-order valence-corrected chi connectivity index (χ3v) is 4.99. The normalized spacial score (nSPS) is 15.2. The number of carbonyl (C=O) groups excluding carboxylic acids is 3. The van der Waals surface area contributed by atoms with Gasteiger partial charge in [0.05, 0.1) is 18.0 Å². The summed E-state index contributed by atoms with van der Waals surface area (Å²) in [6.45, 7) is 0.144. The van der Waals surface area contributed by atoms with Crippen molar-refractivity contribution in [1.82, 2.24) is 4.90 Å². The molecule has 28 heavy (non-hydrogen) atoms. The minimum atomic E-state index is -1.25. The van der Waals surface area contributed by atoms with Gasteiger partial charge in [-0.15, -0.1) is 0 Å². The Morgan fingerprint density at radius 3 is 2.61 bits per heavy atom. The van der Waals surface area contributed by atoms with Crippen molar-refractivity contribution in [2.45, 2.75) is 6.61 Å². The zero-order valence-corrected chi connectivity index (χ0v) is 15.9. The van der Waals surface area contributed by atoms with Gasteiger partial charge >= 0.3 is 0 Å². The number of carboxylic acid groups (broad SMARTS) is 1. The van der Waals surface area contributed by atoms with Crippen LogP contribution in [0.4, 0.5) is 4.79 Å². The number of hydrogen-bond acceptors (Lipinski definition) is 7. The highest BCUT2D eigenvalue weighted by atomic mass is 32.2. The highest BCUT2D eigenvalue weighted by molar-refractivity contribution is 8.18. The number of rotatable bonds is 6. The average Bonchev–Trinajstić information content (AvgIpc) is 2.93. The minimum Gasteiger partial charge on any atom is -0.545 e. The molecule has 1 saturated heterocycles. The van der Waals surface area contributed by atoms with E-state index in [-0.39, 0.29) is 23.3 Å². The van der Waals surface area contributed by atoms with Crippen LogP contribution in [0.25, 0.3) is 6.08 Å². The molecule has 0 aromatic heterocycles. The van der Waals surface area contributed by atoms with E-state index in [0.717, 1.165) is 16.7 Å². The van der Waals surface area contributed by atoms with Crippen LogP contribution in [0.15, 0.2) is 47.4 Å². The molecule has 2 aromatic carbocycles. The Kier molecular flexibility index (Phi) is 5.70. The smallest absolute Gasteiger partial charge is 0.293 e. The Morgan fingerprint density at radius 2 is 1.96 bits per heavy atom. The molecule has 0 spiro atoms. The maximum atomic E-state index is 12.0. The van der Waals surface area contributed by atoms with Crippen LogP contribution < -0.4 is 14.6 Å². The van der Waals surface area contributed by atoms with Gasteiger partial charge in [0.2, 0.25) is 0 Å². The number of hydrogen-bond donors (Lipinski definition) is 0. The predicted octanol–water partition coefficient (Wildman–Crippen LogP) is 2.30. The lowest BCUT2D eigenvalue weighted by atomic mass is 10.1. The van der Waals surface area contributed by atoms with Gasteiger partial charge in [0.15, 0.2) is 11.5 Å². The minimum absolute atomic E-state index is 0.0771. The molecule has 0 N–H and O–H groups in total. The van der Waals surface area contributed by atoms with Crippen molar-refractivity contribution >= 4 is 35.0 Å². The standard InChI is InChI=1S/C20H17NO6S/c1-21-18(22)17(28-20(21)25)10-12-6-7-15(16(9-12)26-2)27-11-13-4-3-5-14(8-13)19(23)24/h3-10H,11H2,1-2H3,(H,23,24)/p-1/b17-10+. The molecule has 1 fully saturated rings. The first-order valence-electron chi connectivity index (χ1n) is 8.21. The molecule has 144 valence electrons. The van der Waals surface area contributed by atoms with Gasteiger partial charge in [-0.2, -0.15) is 0 Å². The fourth-order valence-corrected chi connectivity index (χ4v) is 3.37. The van der Waals surface area contributed by atoms with Crippen LogP contribution in [0.5, 0.6) is 11.5 Å². The number of ether oxygens (including phenoxy) is 2. The van der Waals surface area contributed by atoms with Crippen LogP contribution in [0.2, 0.25) is 0 Å². The Balaban J connectivity index is 1.77. The summed E-state index contributed by atoms with van der Waals surface area (Å²) < 4.78 is 11.1. The molecule has 2 amide bonds. The van der Waals surface area contributed by atoms with Crippen molar-refractivity contribution in [3.05, 3.63) is 64.1 Å². The van der Waals surface area contributed by atoms with Crippen LogP contribution in [0.3, 0.4) is 0 Å². The monoisotopic (exact) mass is 398 g/mol. The van der Waals surface area contributed by atoms with Gasteiger partial charge in [-0.3, -0.25) is 14.5 Å². The largest absolute Gasteiger partial charge is 0.545 e. The van der Waals surface area contributed by atoms with E-state index in [0.29, 0.717) is 27.5 Å². The molecular formula is C20H16NO6S-. The lowest BCUT2D eigenvalue weighted by molar-refractivity contribution is -0.255.